The lowest BCUT2D eigenvalue weighted by molar-refractivity contribution is -0.138. The van der Waals surface area contributed by atoms with E-state index in [0.29, 0.717) is 5.75 Å². The molecule has 2 N–H and O–H groups in total. The molecule has 1 fully saturated rings. The van der Waals surface area contributed by atoms with Crippen LogP contribution in [0, 0.1) is 0 Å². The molecule has 1 saturated heterocycles. The smallest absolute Gasteiger partial charge is 0.321 e. The van der Waals surface area contributed by atoms with Crippen LogP contribution in [0.5, 0.6) is 0 Å². The van der Waals surface area contributed by atoms with Crippen molar-refractivity contribution in [1.29, 1.82) is 0 Å². The Bertz CT molecular complexity index is 827. The van der Waals surface area contributed by atoms with Gasteiger partial charge in [0.05, 0.1) is 10.2 Å². The highest BCUT2D eigenvalue weighted by Gasteiger charge is 2.32. The Balaban J connectivity index is 1.49. The van der Waals surface area contributed by atoms with E-state index in [4.69, 9.17) is 9.52 Å². The molecule has 1 aliphatic heterocycles. The van der Waals surface area contributed by atoms with Crippen LogP contribution in [0.15, 0.2) is 50.2 Å². The monoisotopic (exact) mass is 364 g/mol. The van der Waals surface area contributed by atoms with Crippen molar-refractivity contribution in [3.05, 3.63) is 42.2 Å². The molecule has 1 aliphatic rings. The Morgan fingerprint density at radius 1 is 1.35 bits per heavy atom. The van der Waals surface area contributed by atoms with Crippen molar-refractivity contribution in [3.8, 4) is 0 Å². The molecule has 0 unspecified atom stereocenters. The van der Waals surface area contributed by atoms with E-state index >= 15 is 0 Å². The molecular formula is C15H12N2O3S3. The highest BCUT2D eigenvalue weighted by atomic mass is 32.2. The first-order valence-corrected chi connectivity index (χ1v) is 9.61. The van der Waals surface area contributed by atoms with Crippen LogP contribution in [-0.2, 0) is 4.79 Å². The fraction of sp³-hybridized carbons (Fsp3) is 0.200. The number of carboxylic acids is 1. The third kappa shape index (κ3) is 3.12. The molecule has 0 radical (unpaired) electrons. The number of carboxylic acid groups (broad SMARTS) is 1. The number of furan rings is 1. The summed E-state index contributed by atoms with van der Waals surface area (Å²) in [5, 5.41) is 12.7. The Kier molecular flexibility index (Phi) is 4.06. The third-order valence-corrected chi connectivity index (χ3v) is 6.65. The molecule has 2 atom stereocenters. The summed E-state index contributed by atoms with van der Waals surface area (Å²) >= 11 is 4.67. The number of hydrogen-bond acceptors (Lipinski definition) is 7. The lowest BCUT2D eigenvalue weighted by Gasteiger charge is -2.07. The molecule has 0 bridgehead atoms. The molecular weight excluding hydrogens is 352 g/mol. The summed E-state index contributed by atoms with van der Waals surface area (Å²) in [6, 6.07) is 11.3. The van der Waals surface area contributed by atoms with Crippen molar-refractivity contribution in [2.24, 2.45) is 0 Å². The van der Waals surface area contributed by atoms with E-state index in [-0.39, 0.29) is 5.37 Å². The zero-order valence-electron chi connectivity index (χ0n) is 11.8. The number of rotatable bonds is 4. The van der Waals surface area contributed by atoms with Gasteiger partial charge in [-0.05, 0) is 36.0 Å². The molecule has 0 aliphatic carbocycles. The minimum Gasteiger partial charge on any atom is -0.480 e. The van der Waals surface area contributed by atoms with Gasteiger partial charge in [-0.25, -0.2) is 4.98 Å². The number of para-hydroxylation sites is 1. The average Bonchev–Trinajstić information content (AvgIpc) is 3.25. The van der Waals surface area contributed by atoms with Crippen LogP contribution in [-0.4, -0.2) is 27.9 Å². The van der Waals surface area contributed by atoms with Crippen molar-refractivity contribution in [2.75, 3.05) is 5.75 Å². The first kappa shape index (κ1) is 15.1. The van der Waals surface area contributed by atoms with E-state index in [1.54, 1.807) is 23.1 Å². The highest BCUT2D eigenvalue weighted by Crippen LogP contribution is 2.39. The number of thiazole rings is 1. The number of fused-ring (bicyclic) bond motifs is 1. The topological polar surface area (TPSA) is 75.4 Å². The van der Waals surface area contributed by atoms with Crippen LogP contribution in [0.3, 0.4) is 0 Å². The number of carbonyl (C=O) groups is 1. The van der Waals surface area contributed by atoms with Gasteiger partial charge >= 0.3 is 5.97 Å². The predicted octanol–water partition coefficient (Wildman–Crippen LogP) is 3.83. The minimum atomic E-state index is -0.823. The van der Waals surface area contributed by atoms with Gasteiger partial charge in [-0.1, -0.05) is 12.1 Å². The number of nitrogens with zero attached hydrogens (tertiary/aromatic N) is 1. The zero-order chi connectivity index (χ0) is 15.8. The predicted molar refractivity (Wildman–Crippen MR) is 92.2 cm³/mol. The van der Waals surface area contributed by atoms with Crippen molar-refractivity contribution in [1.82, 2.24) is 10.3 Å². The SMILES string of the molecule is O=C(O)[C@H]1CS[C@H](c2ccc(Sc3nc4ccccc4s3)o2)N1. The maximum atomic E-state index is 11.0. The van der Waals surface area contributed by atoms with Gasteiger partial charge in [0.25, 0.3) is 0 Å². The Morgan fingerprint density at radius 2 is 2.22 bits per heavy atom. The van der Waals surface area contributed by atoms with E-state index in [1.165, 1.54) is 11.8 Å². The minimum absolute atomic E-state index is 0.110. The summed E-state index contributed by atoms with van der Waals surface area (Å²) in [5.41, 5.74) is 0.990. The standard InChI is InChI=1S/C15H12N2O3S3/c18-14(19)9-7-21-13(16-9)10-5-6-12(20-10)23-15-17-8-3-1-2-4-11(8)22-15/h1-6,9,13,16H,7H2,(H,18,19)/t9-,13-/m1/s1. The molecule has 0 saturated carbocycles. The molecule has 23 heavy (non-hydrogen) atoms. The van der Waals surface area contributed by atoms with Gasteiger partial charge in [0.2, 0.25) is 0 Å². The molecule has 8 heteroatoms. The largest absolute Gasteiger partial charge is 0.480 e. The van der Waals surface area contributed by atoms with Crippen LogP contribution in [0.25, 0.3) is 10.2 Å². The number of thioether (sulfide) groups is 1. The summed E-state index contributed by atoms with van der Waals surface area (Å²) in [6.07, 6.45) is 0. The molecule has 118 valence electrons. The summed E-state index contributed by atoms with van der Waals surface area (Å²) in [5.74, 6) is 0.471. The molecule has 1 aromatic carbocycles. The number of benzene rings is 1. The van der Waals surface area contributed by atoms with Crippen LogP contribution >= 0.6 is 34.9 Å². The van der Waals surface area contributed by atoms with E-state index in [9.17, 15) is 4.79 Å². The van der Waals surface area contributed by atoms with E-state index in [2.05, 4.69) is 16.4 Å². The highest BCUT2D eigenvalue weighted by molar-refractivity contribution is 8.01. The van der Waals surface area contributed by atoms with E-state index in [1.807, 2.05) is 30.3 Å². The van der Waals surface area contributed by atoms with Crippen molar-refractivity contribution >= 4 is 51.0 Å². The summed E-state index contributed by atoms with van der Waals surface area (Å²) in [4.78, 5) is 15.6. The van der Waals surface area contributed by atoms with Crippen molar-refractivity contribution in [3.63, 3.8) is 0 Å². The van der Waals surface area contributed by atoms with Gasteiger partial charge in [-0.3, -0.25) is 10.1 Å². The Morgan fingerprint density at radius 3 is 3.00 bits per heavy atom. The summed E-state index contributed by atoms with van der Waals surface area (Å²) in [7, 11) is 0. The summed E-state index contributed by atoms with van der Waals surface area (Å²) < 4.78 is 7.93. The normalized spacial score (nSPS) is 21.0. The first-order valence-electron chi connectivity index (χ1n) is 6.93. The van der Waals surface area contributed by atoms with Crippen LogP contribution in [0.1, 0.15) is 11.1 Å². The Labute approximate surface area is 144 Å². The number of aromatic nitrogens is 1. The fourth-order valence-electron chi connectivity index (χ4n) is 2.29. The number of nitrogens with one attached hydrogen (secondary N) is 1. The lowest BCUT2D eigenvalue weighted by Crippen LogP contribution is -2.33. The fourth-order valence-corrected chi connectivity index (χ4v) is 5.43. The van der Waals surface area contributed by atoms with Crippen LogP contribution < -0.4 is 5.32 Å². The number of hydrogen-bond donors (Lipinski definition) is 2. The van der Waals surface area contributed by atoms with Gasteiger partial charge in [-0.2, -0.15) is 0 Å². The maximum absolute atomic E-state index is 11.0. The van der Waals surface area contributed by atoms with E-state index in [0.717, 1.165) is 25.4 Å². The van der Waals surface area contributed by atoms with Gasteiger partial charge in [0, 0.05) is 5.75 Å². The third-order valence-electron chi connectivity index (χ3n) is 3.40. The molecule has 4 rings (SSSR count). The van der Waals surface area contributed by atoms with Crippen LogP contribution in [0.2, 0.25) is 0 Å². The van der Waals surface area contributed by atoms with Gasteiger partial charge in [0.15, 0.2) is 9.43 Å². The molecule has 0 spiro atoms. The van der Waals surface area contributed by atoms with Gasteiger partial charge in [-0.15, -0.1) is 23.1 Å². The lowest BCUT2D eigenvalue weighted by atomic mass is 10.3. The second-order valence-electron chi connectivity index (χ2n) is 4.98. The Hall–Kier alpha value is -1.48. The van der Waals surface area contributed by atoms with Gasteiger partial charge < -0.3 is 9.52 Å². The van der Waals surface area contributed by atoms with Crippen molar-refractivity contribution < 1.29 is 14.3 Å². The molecule has 2 aromatic heterocycles. The number of aliphatic carboxylic acids is 1. The maximum Gasteiger partial charge on any atom is 0.321 e. The zero-order valence-corrected chi connectivity index (χ0v) is 14.2. The van der Waals surface area contributed by atoms with Crippen molar-refractivity contribution in [2.45, 2.75) is 20.8 Å². The van der Waals surface area contributed by atoms with Crippen LogP contribution in [0.4, 0.5) is 0 Å². The van der Waals surface area contributed by atoms with Gasteiger partial charge in [0.1, 0.15) is 17.2 Å². The van der Waals surface area contributed by atoms with E-state index < -0.39 is 12.0 Å². The second-order valence-corrected chi connectivity index (χ2v) is 8.40. The molecule has 3 aromatic rings. The molecule has 3 heterocycles. The molecule has 0 amide bonds. The summed E-state index contributed by atoms with van der Waals surface area (Å²) in [6.45, 7) is 0. The first-order chi connectivity index (χ1) is 11.2. The molecule has 5 nitrogen and oxygen atoms in total. The quantitative estimate of drug-likeness (QED) is 0.729. The second kappa shape index (κ2) is 6.20. The average molecular weight is 364 g/mol.